The number of nitrogens with zero attached hydrogens (tertiary/aromatic N) is 1. The van der Waals surface area contributed by atoms with Gasteiger partial charge in [-0.05, 0) is 30.7 Å². The van der Waals surface area contributed by atoms with Crippen LogP contribution >= 0.6 is 0 Å². The van der Waals surface area contributed by atoms with Crippen molar-refractivity contribution in [2.24, 2.45) is 5.41 Å². The highest BCUT2D eigenvalue weighted by molar-refractivity contribution is 5.45. The van der Waals surface area contributed by atoms with Crippen molar-refractivity contribution in [1.29, 1.82) is 0 Å². The summed E-state index contributed by atoms with van der Waals surface area (Å²) >= 11 is 0. The molecule has 0 bridgehead atoms. The van der Waals surface area contributed by atoms with E-state index in [0.29, 0.717) is 11.3 Å². The minimum absolute atomic E-state index is 0.566. The summed E-state index contributed by atoms with van der Waals surface area (Å²) in [7, 11) is 1.64. The summed E-state index contributed by atoms with van der Waals surface area (Å²) < 4.78 is 5.08. The number of nitrogens with one attached hydrogen (secondary N) is 1. The highest BCUT2D eigenvalue weighted by Crippen LogP contribution is 2.48. The van der Waals surface area contributed by atoms with Crippen LogP contribution in [0.3, 0.4) is 0 Å². The highest BCUT2D eigenvalue weighted by Gasteiger charge is 2.40. The van der Waals surface area contributed by atoms with Crippen molar-refractivity contribution in [3.05, 3.63) is 18.3 Å². The molecule has 1 N–H and O–H groups in total. The van der Waals surface area contributed by atoms with Crippen molar-refractivity contribution < 1.29 is 4.74 Å². The standard InChI is InChI=1S/C12H18N2O/c1-3-12(5-6-12)9-14-10-4-7-13-11(8-10)15-2/h4,7-8H,3,5-6,9H2,1-2H3,(H,13,14). The maximum atomic E-state index is 5.08. The Balaban J connectivity index is 1.93. The Morgan fingerprint density at radius 2 is 2.33 bits per heavy atom. The maximum absolute atomic E-state index is 5.08. The second-order valence-electron chi connectivity index (χ2n) is 4.29. The summed E-state index contributed by atoms with van der Waals surface area (Å²) in [5.74, 6) is 0.668. The Bertz CT molecular complexity index is 334. The number of aromatic nitrogens is 1. The molecule has 1 fully saturated rings. The van der Waals surface area contributed by atoms with E-state index >= 15 is 0 Å². The molecule has 3 heteroatoms. The molecule has 0 spiro atoms. The fourth-order valence-corrected chi connectivity index (χ4v) is 1.75. The summed E-state index contributed by atoms with van der Waals surface area (Å²) in [6.07, 6.45) is 5.76. The van der Waals surface area contributed by atoms with Gasteiger partial charge in [0.05, 0.1) is 7.11 Å². The third-order valence-corrected chi connectivity index (χ3v) is 3.32. The minimum atomic E-state index is 0.566. The zero-order valence-corrected chi connectivity index (χ0v) is 9.42. The first-order valence-electron chi connectivity index (χ1n) is 5.52. The Hall–Kier alpha value is -1.25. The van der Waals surface area contributed by atoms with Crippen molar-refractivity contribution in [3.8, 4) is 5.88 Å². The number of anilines is 1. The van der Waals surface area contributed by atoms with Gasteiger partial charge in [-0.15, -0.1) is 0 Å². The molecule has 3 nitrogen and oxygen atoms in total. The number of methoxy groups -OCH3 is 1. The quantitative estimate of drug-likeness (QED) is 0.804. The smallest absolute Gasteiger partial charge is 0.214 e. The van der Waals surface area contributed by atoms with Crippen molar-refractivity contribution >= 4 is 5.69 Å². The number of ether oxygens (including phenoxy) is 1. The molecule has 1 heterocycles. The zero-order chi connectivity index (χ0) is 10.7. The summed E-state index contributed by atoms with van der Waals surface area (Å²) in [4.78, 5) is 4.08. The third kappa shape index (κ3) is 2.41. The van der Waals surface area contributed by atoms with E-state index in [4.69, 9.17) is 4.74 Å². The first kappa shape index (κ1) is 10.3. The molecule has 0 atom stereocenters. The maximum Gasteiger partial charge on any atom is 0.214 e. The van der Waals surface area contributed by atoms with Gasteiger partial charge in [-0.1, -0.05) is 6.92 Å². The third-order valence-electron chi connectivity index (χ3n) is 3.32. The monoisotopic (exact) mass is 206 g/mol. The second-order valence-corrected chi connectivity index (χ2v) is 4.29. The molecular formula is C12H18N2O. The van der Waals surface area contributed by atoms with Gasteiger partial charge in [0.15, 0.2) is 0 Å². The van der Waals surface area contributed by atoms with Crippen molar-refractivity contribution in [3.63, 3.8) is 0 Å². The van der Waals surface area contributed by atoms with Crippen LogP contribution < -0.4 is 10.1 Å². The van der Waals surface area contributed by atoms with Crippen LogP contribution in [0.2, 0.25) is 0 Å². The van der Waals surface area contributed by atoms with Gasteiger partial charge >= 0.3 is 0 Å². The topological polar surface area (TPSA) is 34.2 Å². The van der Waals surface area contributed by atoms with E-state index in [2.05, 4.69) is 17.2 Å². The van der Waals surface area contributed by atoms with Crippen LogP contribution in [0.1, 0.15) is 26.2 Å². The SMILES string of the molecule is CCC1(CNc2ccnc(OC)c2)CC1. The molecule has 0 saturated heterocycles. The lowest BCUT2D eigenvalue weighted by molar-refractivity contribution is 0.398. The molecule has 1 aromatic rings. The van der Waals surface area contributed by atoms with Crippen molar-refractivity contribution in [2.75, 3.05) is 19.0 Å². The van der Waals surface area contributed by atoms with Crippen LogP contribution in [-0.2, 0) is 0 Å². The van der Waals surface area contributed by atoms with Gasteiger partial charge in [0.1, 0.15) is 0 Å². The summed E-state index contributed by atoms with van der Waals surface area (Å²) in [6, 6.07) is 3.92. The lowest BCUT2D eigenvalue weighted by atomic mass is 10.0. The van der Waals surface area contributed by atoms with E-state index in [1.54, 1.807) is 13.3 Å². The van der Waals surface area contributed by atoms with Gasteiger partial charge in [-0.2, -0.15) is 0 Å². The average Bonchev–Trinajstić information content (AvgIpc) is 3.07. The van der Waals surface area contributed by atoms with Gasteiger partial charge in [-0.3, -0.25) is 0 Å². The summed E-state index contributed by atoms with van der Waals surface area (Å²) in [6.45, 7) is 3.33. The largest absolute Gasteiger partial charge is 0.481 e. The first-order valence-corrected chi connectivity index (χ1v) is 5.52. The Morgan fingerprint density at radius 3 is 2.93 bits per heavy atom. The van der Waals surface area contributed by atoms with Crippen LogP contribution in [0.25, 0.3) is 0 Å². The summed E-state index contributed by atoms with van der Waals surface area (Å²) in [5, 5.41) is 3.45. The van der Waals surface area contributed by atoms with Crippen LogP contribution in [-0.4, -0.2) is 18.6 Å². The normalized spacial score (nSPS) is 17.2. The molecular weight excluding hydrogens is 188 g/mol. The number of pyridine rings is 1. The Labute approximate surface area is 90.9 Å². The van der Waals surface area contributed by atoms with Gasteiger partial charge in [0.25, 0.3) is 0 Å². The molecule has 0 aliphatic heterocycles. The lowest BCUT2D eigenvalue weighted by Crippen LogP contribution is -2.14. The first-order chi connectivity index (χ1) is 7.28. The van der Waals surface area contributed by atoms with E-state index in [0.717, 1.165) is 12.2 Å². The second kappa shape index (κ2) is 4.09. The number of hydrogen-bond donors (Lipinski definition) is 1. The van der Waals surface area contributed by atoms with Crippen molar-refractivity contribution in [2.45, 2.75) is 26.2 Å². The van der Waals surface area contributed by atoms with Gasteiger partial charge in [0.2, 0.25) is 5.88 Å². The van der Waals surface area contributed by atoms with E-state index in [-0.39, 0.29) is 0 Å². The molecule has 1 saturated carbocycles. The highest BCUT2D eigenvalue weighted by atomic mass is 16.5. The van der Waals surface area contributed by atoms with Gasteiger partial charge < -0.3 is 10.1 Å². The van der Waals surface area contributed by atoms with Crippen LogP contribution in [0.4, 0.5) is 5.69 Å². The van der Waals surface area contributed by atoms with E-state index in [9.17, 15) is 0 Å². The van der Waals surface area contributed by atoms with Crippen LogP contribution in [0.5, 0.6) is 5.88 Å². The minimum Gasteiger partial charge on any atom is -0.481 e. The predicted octanol–water partition coefficient (Wildman–Crippen LogP) is 2.69. The van der Waals surface area contributed by atoms with Crippen LogP contribution in [0, 0.1) is 5.41 Å². The Morgan fingerprint density at radius 1 is 1.53 bits per heavy atom. The fourth-order valence-electron chi connectivity index (χ4n) is 1.75. The molecule has 0 unspecified atom stereocenters. The molecule has 82 valence electrons. The van der Waals surface area contributed by atoms with Crippen LogP contribution in [0.15, 0.2) is 18.3 Å². The van der Waals surface area contributed by atoms with Crippen molar-refractivity contribution in [1.82, 2.24) is 4.98 Å². The molecule has 1 aliphatic rings. The van der Waals surface area contributed by atoms with Gasteiger partial charge in [0, 0.05) is 24.5 Å². The van der Waals surface area contributed by atoms with E-state index in [1.165, 1.54) is 19.3 Å². The molecule has 2 rings (SSSR count). The molecule has 15 heavy (non-hydrogen) atoms. The average molecular weight is 206 g/mol. The molecule has 0 amide bonds. The summed E-state index contributed by atoms with van der Waals surface area (Å²) in [5.41, 5.74) is 1.66. The Kier molecular flexibility index (Phi) is 2.80. The zero-order valence-electron chi connectivity index (χ0n) is 9.42. The predicted molar refractivity (Wildman–Crippen MR) is 61.2 cm³/mol. The lowest BCUT2D eigenvalue weighted by Gasteiger charge is -2.14. The van der Waals surface area contributed by atoms with Gasteiger partial charge in [-0.25, -0.2) is 4.98 Å². The molecule has 0 radical (unpaired) electrons. The molecule has 1 aliphatic carbocycles. The van der Waals surface area contributed by atoms with E-state index < -0.39 is 0 Å². The number of rotatable bonds is 5. The number of hydrogen-bond acceptors (Lipinski definition) is 3. The fraction of sp³-hybridized carbons (Fsp3) is 0.583. The molecule has 0 aromatic carbocycles. The van der Waals surface area contributed by atoms with E-state index in [1.807, 2.05) is 12.1 Å². The molecule has 1 aromatic heterocycles.